The predicted octanol–water partition coefficient (Wildman–Crippen LogP) is 4.38. The minimum atomic E-state index is -0.469. The lowest BCUT2D eigenvalue weighted by molar-refractivity contribution is -0.384. The zero-order chi connectivity index (χ0) is 23.2. The molecule has 0 unspecified atom stereocenters. The highest BCUT2D eigenvalue weighted by molar-refractivity contribution is 7.09. The van der Waals surface area contributed by atoms with Crippen LogP contribution in [0.3, 0.4) is 0 Å². The zero-order valence-electron chi connectivity index (χ0n) is 18.4. The van der Waals surface area contributed by atoms with Gasteiger partial charge in [-0.15, -0.1) is 0 Å². The Morgan fingerprint density at radius 1 is 1.15 bits per heavy atom. The number of rotatable bonds is 7. The summed E-state index contributed by atoms with van der Waals surface area (Å²) in [5.74, 6) is 1.24. The Morgan fingerprint density at radius 3 is 2.52 bits per heavy atom. The maximum absolute atomic E-state index is 12.1. The van der Waals surface area contributed by atoms with E-state index in [1.807, 2.05) is 0 Å². The summed E-state index contributed by atoms with van der Waals surface area (Å²) in [4.78, 5) is 29.4. The highest BCUT2D eigenvalue weighted by Gasteiger charge is 2.22. The second-order valence-electron chi connectivity index (χ2n) is 8.22. The van der Waals surface area contributed by atoms with Gasteiger partial charge in [-0.25, -0.2) is 9.78 Å². The van der Waals surface area contributed by atoms with Gasteiger partial charge in [-0.3, -0.25) is 10.1 Å². The monoisotopic (exact) mass is 466 g/mol. The molecule has 9 nitrogen and oxygen atoms in total. The van der Waals surface area contributed by atoms with Gasteiger partial charge in [0.25, 0.3) is 5.69 Å². The van der Waals surface area contributed by atoms with E-state index in [1.54, 1.807) is 0 Å². The Labute approximate surface area is 196 Å². The molecule has 1 aliphatic rings. The van der Waals surface area contributed by atoms with Crippen LogP contribution in [0.25, 0.3) is 0 Å². The number of piperidine rings is 1. The van der Waals surface area contributed by atoms with Gasteiger partial charge >= 0.3 is 6.03 Å². The number of amides is 2. The number of hydrogen-bond donors (Lipinski definition) is 2. The van der Waals surface area contributed by atoms with Crippen LogP contribution in [0.5, 0.6) is 0 Å². The van der Waals surface area contributed by atoms with Crippen LogP contribution in [0.15, 0.2) is 48.5 Å². The molecule has 0 aliphatic carbocycles. The summed E-state index contributed by atoms with van der Waals surface area (Å²) in [5, 5.41) is 17.3. The van der Waals surface area contributed by atoms with Crippen molar-refractivity contribution in [3.63, 3.8) is 0 Å². The number of nitro benzene ring substituents is 1. The molecular weight excluding hydrogens is 440 g/mol. The molecule has 33 heavy (non-hydrogen) atoms. The van der Waals surface area contributed by atoms with Gasteiger partial charge in [0, 0.05) is 55.4 Å². The van der Waals surface area contributed by atoms with Gasteiger partial charge in [-0.05, 0) is 43.4 Å². The quantitative estimate of drug-likeness (QED) is 0.395. The minimum absolute atomic E-state index is 0.00887. The number of nitrogens with zero attached hydrogens (tertiary/aromatic N) is 4. The normalized spacial score (nSPS) is 14.2. The number of non-ortho nitro benzene ring substituents is 1. The van der Waals surface area contributed by atoms with Crippen molar-refractivity contribution in [2.45, 2.75) is 26.2 Å². The van der Waals surface area contributed by atoms with Crippen molar-refractivity contribution < 1.29 is 9.72 Å². The smallest absolute Gasteiger partial charge is 0.319 e. The minimum Gasteiger partial charge on any atom is -0.347 e. The molecule has 1 saturated heterocycles. The van der Waals surface area contributed by atoms with Gasteiger partial charge in [-0.1, -0.05) is 29.8 Å². The van der Waals surface area contributed by atoms with Crippen molar-refractivity contribution in [1.29, 1.82) is 0 Å². The Balaban J connectivity index is 1.20. The van der Waals surface area contributed by atoms with E-state index in [0.29, 0.717) is 18.2 Å². The zero-order valence-corrected chi connectivity index (χ0v) is 19.2. The molecule has 1 aliphatic heterocycles. The fourth-order valence-electron chi connectivity index (χ4n) is 3.74. The Hall–Kier alpha value is -3.53. The van der Waals surface area contributed by atoms with E-state index in [0.717, 1.165) is 43.3 Å². The number of carbonyl (C=O) groups excluding carboxylic acids is 1. The molecule has 0 bridgehead atoms. The summed E-state index contributed by atoms with van der Waals surface area (Å²) < 4.78 is 4.53. The van der Waals surface area contributed by atoms with Crippen molar-refractivity contribution in [2.75, 3.05) is 29.9 Å². The molecule has 2 N–H and O–H groups in total. The van der Waals surface area contributed by atoms with Crippen molar-refractivity contribution >= 4 is 34.1 Å². The molecule has 1 aromatic heterocycles. The molecular formula is C23H26N6O3S. The van der Waals surface area contributed by atoms with E-state index in [1.165, 1.54) is 46.9 Å². The number of benzene rings is 2. The summed E-state index contributed by atoms with van der Waals surface area (Å²) in [6.07, 6.45) is 2.66. The van der Waals surface area contributed by atoms with Gasteiger partial charge in [-0.2, -0.15) is 4.37 Å². The topological polar surface area (TPSA) is 113 Å². The maximum Gasteiger partial charge on any atom is 0.319 e. The first-order valence-corrected chi connectivity index (χ1v) is 11.7. The lowest BCUT2D eigenvalue weighted by Gasteiger charge is -2.31. The average Bonchev–Trinajstić information content (AvgIpc) is 3.28. The van der Waals surface area contributed by atoms with Gasteiger partial charge < -0.3 is 15.5 Å². The lowest BCUT2D eigenvalue weighted by Crippen LogP contribution is -2.39. The van der Waals surface area contributed by atoms with Gasteiger partial charge in [0.15, 0.2) is 0 Å². The molecule has 0 atom stereocenters. The number of aryl methyl sites for hydroxylation is 1. The summed E-state index contributed by atoms with van der Waals surface area (Å²) in [5.41, 5.74) is 2.96. The van der Waals surface area contributed by atoms with Gasteiger partial charge in [0.1, 0.15) is 5.82 Å². The van der Waals surface area contributed by atoms with E-state index in [2.05, 4.69) is 51.1 Å². The van der Waals surface area contributed by atoms with E-state index < -0.39 is 4.92 Å². The molecule has 3 aromatic rings. The molecule has 0 saturated carbocycles. The predicted molar refractivity (Wildman–Crippen MR) is 129 cm³/mol. The van der Waals surface area contributed by atoms with Crippen molar-refractivity contribution in [1.82, 2.24) is 14.7 Å². The van der Waals surface area contributed by atoms with Gasteiger partial charge in [0.05, 0.1) is 4.92 Å². The fraction of sp³-hybridized carbons (Fsp3) is 0.348. The molecule has 2 amide bonds. The summed E-state index contributed by atoms with van der Waals surface area (Å²) in [7, 11) is 0. The second-order valence-corrected chi connectivity index (χ2v) is 8.96. The van der Waals surface area contributed by atoms with E-state index in [4.69, 9.17) is 4.98 Å². The van der Waals surface area contributed by atoms with Crippen LogP contribution in [0.4, 0.5) is 21.3 Å². The third kappa shape index (κ3) is 6.26. The van der Waals surface area contributed by atoms with E-state index in [-0.39, 0.29) is 11.7 Å². The third-order valence-electron chi connectivity index (χ3n) is 5.71. The summed E-state index contributed by atoms with van der Waals surface area (Å²) >= 11 is 1.44. The standard InChI is InChI=1S/C23H26N6O3S/c1-16-2-4-17(5-3-16)14-21-26-23(33-27-21)28-12-10-18(11-13-28)15-24-22(30)25-19-6-8-20(9-7-19)29(31)32/h2-9,18H,10-15H2,1H3,(H2,24,25,30). The van der Waals surface area contributed by atoms with Crippen LogP contribution < -0.4 is 15.5 Å². The maximum atomic E-state index is 12.1. The summed E-state index contributed by atoms with van der Waals surface area (Å²) in [6.45, 7) is 4.43. The van der Waals surface area contributed by atoms with Crippen molar-refractivity contribution in [3.05, 3.63) is 75.6 Å². The number of carbonyl (C=O) groups is 1. The molecule has 1 fully saturated rings. The highest BCUT2D eigenvalue weighted by Crippen LogP contribution is 2.25. The summed E-state index contributed by atoms with van der Waals surface area (Å²) in [6, 6.07) is 13.9. The number of anilines is 2. The Bertz CT molecular complexity index is 1090. The first kappa shape index (κ1) is 22.7. The van der Waals surface area contributed by atoms with E-state index in [9.17, 15) is 14.9 Å². The first-order chi connectivity index (χ1) is 16.0. The Kier molecular flexibility index (Phi) is 7.13. The number of nitrogens with one attached hydrogen (secondary N) is 2. The molecule has 2 heterocycles. The average molecular weight is 467 g/mol. The van der Waals surface area contributed by atoms with Crippen LogP contribution in [0, 0.1) is 23.0 Å². The van der Waals surface area contributed by atoms with E-state index >= 15 is 0 Å². The molecule has 0 radical (unpaired) electrons. The third-order valence-corrected chi connectivity index (χ3v) is 6.53. The van der Waals surface area contributed by atoms with Gasteiger partial charge in [0.2, 0.25) is 5.13 Å². The van der Waals surface area contributed by atoms with Crippen molar-refractivity contribution in [2.24, 2.45) is 5.92 Å². The lowest BCUT2D eigenvalue weighted by atomic mass is 9.97. The fourth-order valence-corrected chi connectivity index (χ4v) is 4.48. The Morgan fingerprint density at radius 2 is 1.85 bits per heavy atom. The largest absolute Gasteiger partial charge is 0.347 e. The van der Waals surface area contributed by atoms with Crippen LogP contribution in [-0.4, -0.2) is 39.9 Å². The highest BCUT2D eigenvalue weighted by atomic mass is 32.1. The molecule has 172 valence electrons. The van der Waals surface area contributed by atoms with Crippen LogP contribution in [0.2, 0.25) is 0 Å². The second kappa shape index (κ2) is 10.4. The van der Waals surface area contributed by atoms with Crippen LogP contribution in [0.1, 0.15) is 29.8 Å². The number of aromatic nitrogens is 2. The molecule has 2 aromatic carbocycles. The first-order valence-electron chi connectivity index (χ1n) is 10.9. The number of urea groups is 1. The molecule has 0 spiro atoms. The van der Waals surface area contributed by atoms with Crippen LogP contribution >= 0.6 is 11.5 Å². The number of nitro groups is 1. The SMILES string of the molecule is Cc1ccc(Cc2nsc(N3CCC(CNC(=O)Nc4ccc([N+](=O)[O-])cc4)CC3)n2)cc1. The molecule has 4 rings (SSSR count). The van der Waals surface area contributed by atoms with Crippen LogP contribution in [-0.2, 0) is 6.42 Å². The number of hydrogen-bond acceptors (Lipinski definition) is 7. The van der Waals surface area contributed by atoms with Crippen molar-refractivity contribution in [3.8, 4) is 0 Å². The molecule has 10 heteroatoms.